The van der Waals surface area contributed by atoms with Gasteiger partial charge in [0.05, 0.1) is 32.2 Å². The number of benzene rings is 3. The van der Waals surface area contributed by atoms with Gasteiger partial charge in [-0.05, 0) is 35.9 Å². The van der Waals surface area contributed by atoms with Crippen molar-refractivity contribution in [3.8, 4) is 0 Å². The summed E-state index contributed by atoms with van der Waals surface area (Å²) in [6.45, 7) is 0. The second kappa shape index (κ2) is 11.8. The number of halogens is 12. The number of nitrogens with one attached hydrogen (secondary N) is 3. The predicted octanol–water partition coefficient (Wildman–Crippen LogP) is 8.48. The van der Waals surface area contributed by atoms with Gasteiger partial charge in [-0.15, -0.1) is 23.2 Å². The van der Waals surface area contributed by atoms with Crippen LogP contribution in [0.25, 0.3) is 0 Å². The predicted molar refractivity (Wildman–Crippen MR) is 146 cm³/mol. The molecular formula is C25H11Cl5F7N3O3. The molecule has 0 radical (unpaired) electrons. The molecular weight excluding hydrogens is 701 g/mol. The van der Waals surface area contributed by atoms with Crippen molar-refractivity contribution < 1.29 is 45.1 Å². The molecule has 228 valence electrons. The Kier molecular flexibility index (Phi) is 9.07. The van der Waals surface area contributed by atoms with Crippen molar-refractivity contribution in [2.24, 2.45) is 5.92 Å². The zero-order valence-corrected chi connectivity index (χ0v) is 24.2. The SMILES string of the molecule is O=C(Nc1ccc(F)c(NC(=O)C(F)(F)F)c1F)c1cc(NC(=O)C2[C@H](c3cc(Cl)c(Cl)c(Cl)c3)C2(Cl)Cl)cc(F)c1F. The summed E-state index contributed by atoms with van der Waals surface area (Å²) in [6.07, 6.45) is -5.51. The van der Waals surface area contributed by atoms with E-state index in [1.54, 1.807) is 5.32 Å². The first-order chi connectivity index (χ1) is 19.8. The fourth-order valence-electron chi connectivity index (χ4n) is 4.01. The zero-order chi connectivity index (χ0) is 32.2. The van der Waals surface area contributed by atoms with Crippen molar-refractivity contribution in [3.05, 3.63) is 85.9 Å². The normalized spacial score (nSPS) is 17.3. The first-order valence-electron chi connectivity index (χ1n) is 11.3. The number of carbonyl (C=O) groups excluding carboxylic acids is 3. The Morgan fingerprint density at radius 1 is 0.791 bits per heavy atom. The lowest BCUT2D eigenvalue weighted by Gasteiger charge is -2.14. The molecule has 1 saturated carbocycles. The summed E-state index contributed by atoms with van der Waals surface area (Å²) in [4.78, 5) is 36.8. The van der Waals surface area contributed by atoms with E-state index in [4.69, 9.17) is 58.0 Å². The smallest absolute Gasteiger partial charge is 0.326 e. The van der Waals surface area contributed by atoms with Gasteiger partial charge in [-0.1, -0.05) is 34.8 Å². The lowest BCUT2D eigenvalue weighted by atomic mass is 10.1. The second-order valence-electron chi connectivity index (χ2n) is 8.93. The molecule has 0 aliphatic heterocycles. The quantitative estimate of drug-likeness (QED) is 0.136. The fraction of sp³-hybridized carbons (Fsp3) is 0.160. The summed E-state index contributed by atoms with van der Waals surface area (Å²) in [5, 5.41) is 5.07. The van der Waals surface area contributed by atoms with Crippen LogP contribution in [0.4, 0.5) is 47.8 Å². The van der Waals surface area contributed by atoms with E-state index in [2.05, 4.69) is 5.32 Å². The van der Waals surface area contributed by atoms with Crippen LogP contribution < -0.4 is 16.0 Å². The maximum atomic E-state index is 14.7. The topological polar surface area (TPSA) is 87.3 Å². The van der Waals surface area contributed by atoms with E-state index in [-0.39, 0.29) is 15.1 Å². The third-order valence-corrected chi connectivity index (χ3v) is 8.21. The zero-order valence-electron chi connectivity index (χ0n) is 20.4. The van der Waals surface area contributed by atoms with Gasteiger partial charge >= 0.3 is 12.1 Å². The van der Waals surface area contributed by atoms with E-state index >= 15 is 0 Å². The van der Waals surface area contributed by atoms with Crippen LogP contribution >= 0.6 is 58.0 Å². The lowest BCUT2D eigenvalue weighted by Crippen LogP contribution is -2.31. The Hall–Kier alpha value is -2.97. The van der Waals surface area contributed by atoms with Gasteiger partial charge in [0.15, 0.2) is 17.5 Å². The number of amides is 3. The van der Waals surface area contributed by atoms with Gasteiger partial charge in [0.2, 0.25) is 5.91 Å². The summed E-state index contributed by atoms with van der Waals surface area (Å²) in [7, 11) is 0. The van der Waals surface area contributed by atoms with Gasteiger partial charge in [-0.2, -0.15) is 13.2 Å². The highest BCUT2D eigenvalue weighted by atomic mass is 35.5. The highest BCUT2D eigenvalue weighted by Gasteiger charge is 2.67. The number of alkyl halides is 5. The molecule has 1 unspecified atom stereocenters. The molecule has 2 atom stereocenters. The molecule has 0 heterocycles. The highest BCUT2D eigenvalue weighted by molar-refractivity contribution is 6.54. The lowest BCUT2D eigenvalue weighted by molar-refractivity contribution is -0.167. The summed E-state index contributed by atoms with van der Waals surface area (Å²) in [6, 6.07) is 4.86. The molecule has 1 aliphatic carbocycles. The summed E-state index contributed by atoms with van der Waals surface area (Å²) in [5.74, 6) is -14.1. The van der Waals surface area contributed by atoms with Crippen molar-refractivity contribution in [3.63, 3.8) is 0 Å². The first-order valence-corrected chi connectivity index (χ1v) is 13.2. The molecule has 43 heavy (non-hydrogen) atoms. The molecule has 3 amide bonds. The Morgan fingerprint density at radius 3 is 1.98 bits per heavy atom. The minimum absolute atomic E-state index is 0.0406. The molecule has 1 fully saturated rings. The van der Waals surface area contributed by atoms with E-state index in [1.807, 2.05) is 0 Å². The molecule has 0 saturated heterocycles. The van der Waals surface area contributed by atoms with E-state index in [0.717, 1.165) is 5.32 Å². The molecule has 6 nitrogen and oxygen atoms in total. The van der Waals surface area contributed by atoms with Gasteiger partial charge in [-0.3, -0.25) is 14.4 Å². The monoisotopic (exact) mass is 709 g/mol. The molecule has 0 bridgehead atoms. The summed E-state index contributed by atoms with van der Waals surface area (Å²) < 4.78 is 93.5. The number of anilines is 3. The van der Waals surface area contributed by atoms with Crippen molar-refractivity contribution in [2.75, 3.05) is 16.0 Å². The van der Waals surface area contributed by atoms with Gasteiger partial charge in [0, 0.05) is 17.7 Å². The minimum atomic E-state index is -5.51. The average Bonchev–Trinajstić information content (AvgIpc) is 3.49. The van der Waals surface area contributed by atoms with Crippen molar-refractivity contribution in [1.82, 2.24) is 0 Å². The van der Waals surface area contributed by atoms with Crippen LogP contribution in [0.5, 0.6) is 0 Å². The molecule has 3 aromatic carbocycles. The van der Waals surface area contributed by atoms with E-state index in [9.17, 15) is 45.1 Å². The van der Waals surface area contributed by atoms with Gasteiger partial charge < -0.3 is 16.0 Å². The van der Waals surface area contributed by atoms with Crippen LogP contribution in [0, 0.1) is 29.2 Å². The second-order valence-corrected chi connectivity index (χ2v) is 11.6. The van der Waals surface area contributed by atoms with Crippen LogP contribution in [-0.4, -0.2) is 28.2 Å². The van der Waals surface area contributed by atoms with Gasteiger partial charge in [0.1, 0.15) is 15.8 Å². The van der Waals surface area contributed by atoms with Crippen molar-refractivity contribution in [2.45, 2.75) is 16.4 Å². The summed E-state index contributed by atoms with van der Waals surface area (Å²) >= 11 is 30.5. The van der Waals surface area contributed by atoms with Crippen LogP contribution in [-0.2, 0) is 9.59 Å². The molecule has 0 spiro atoms. The van der Waals surface area contributed by atoms with Crippen molar-refractivity contribution in [1.29, 1.82) is 0 Å². The maximum absolute atomic E-state index is 14.7. The molecule has 18 heteroatoms. The first kappa shape index (κ1) is 32.9. The number of hydrogen-bond acceptors (Lipinski definition) is 3. The Bertz CT molecular complexity index is 1660. The number of carbonyl (C=O) groups is 3. The van der Waals surface area contributed by atoms with Crippen LogP contribution in [0.15, 0.2) is 36.4 Å². The minimum Gasteiger partial charge on any atom is -0.326 e. The van der Waals surface area contributed by atoms with Crippen LogP contribution in [0.3, 0.4) is 0 Å². The number of rotatable bonds is 6. The molecule has 0 aromatic heterocycles. The van der Waals surface area contributed by atoms with Crippen LogP contribution in [0.1, 0.15) is 21.8 Å². The standard InChI is InChI=1S/C25H11Cl5F7N3O3/c26-10-3-7(4-11(27)17(10)28)15-16(24(15,29)30)22(42)38-8-5-9(18(33)13(32)6-8)21(41)39-14-2-1-12(31)20(19(14)34)40-23(43)25(35,36)37/h1-6,15-16H,(H,38,42)(H,39,41)(H,40,43)/t15-,16?/m0/s1. The van der Waals surface area contributed by atoms with E-state index in [1.165, 1.54) is 12.1 Å². The Labute approximate surface area is 261 Å². The summed E-state index contributed by atoms with van der Waals surface area (Å²) in [5.41, 5.74) is -3.82. The molecule has 1 aliphatic rings. The van der Waals surface area contributed by atoms with Gasteiger partial charge in [0.25, 0.3) is 5.91 Å². The largest absolute Gasteiger partial charge is 0.471 e. The molecule has 4 rings (SSSR count). The third kappa shape index (κ3) is 6.60. The van der Waals surface area contributed by atoms with Crippen LogP contribution in [0.2, 0.25) is 15.1 Å². The molecule has 3 aromatic rings. The maximum Gasteiger partial charge on any atom is 0.471 e. The fourth-order valence-corrected chi connectivity index (χ4v) is 5.45. The van der Waals surface area contributed by atoms with Crippen molar-refractivity contribution >= 4 is 92.8 Å². The number of hydrogen-bond donors (Lipinski definition) is 3. The van der Waals surface area contributed by atoms with Gasteiger partial charge in [-0.25, -0.2) is 17.6 Å². The third-order valence-electron chi connectivity index (χ3n) is 6.08. The van der Waals surface area contributed by atoms with E-state index in [0.29, 0.717) is 29.8 Å². The Balaban J connectivity index is 1.56. The highest BCUT2D eigenvalue weighted by Crippen LogP contribution is 2.65. The molecule has 3 N–H and O–H groups in total. The average molecular weight is 712 g/mol. The van der Waals surface area contributed by atoms with E-state index < -0.39 is 86.0 Å². The Morgan fingerprint density at radius 2 is 1.40 bits per heavy atom.